The van der Waals surface area contributed by atoms with Crippen molar-refractivity contribution in [3.63, 3.8) is 0 Å². The van der Waals surface area contributed by atoms with Crippen molar-refractivity contribution < 1.29 is 4.79 Å². The van der Waals surface area contributed by atoms with Gasteiger partial charge in [-0.25, -0.2) is 0 Å². The Hall–Kier alpha value is -1.38. The molecule has 86 valence electrons. The third-order valence-corrected chi connectivity index (χ3v) is 2.87. The summed E-state index contributed by atoms with van der Waals surface area (Å²) in [5.41, 5.74) is 1.48. The maximum Gasteiger partial charge on any atom is 0.133 e. The van der Waals surface area contributed by atoms with Crippen LogP contribution in [0, 0.1) is 0 Å². The van der Waals surface area contributed by atoms with E-state index < -0.39 is 5.92 Å². The quantitative estimate of drug-likeness (QED) is 0.792. The van der Waals surface area contributed by atoms with E-state index in [-0.39, 0.29) is 0 Å². The van der Waals surface area contributed by atoms with Crippen LogP contribution in [-0.2, 0) is 4.79 Å². The van der Waals surface area contributed by atoms with Gasteiger partial charge in [0.25, 0.3) is 0 Å². The van der Waals surface area contributed by atoms with E-state index in [1.165, 1.54) is 6.20 Å². The summed E-state index contributed by atoms with van der Waals surface area (Å²) in [5, 5.41) is 1.15. The molecule has 0 radical (unpaired) electrons. The van der Waals surface area contributed by atoms with Gasteiger partial charge in [-0.3, -0.25) is 4.98 Å². The number of carbonyl (C=O) groups excluding carboxylic acids is 1. The maximum atomic E-state index is 11.2. The fraction of sp³-hybridized carbons (Fsp3) is 0.0769. The van der Waals surface area contributed by atoms with Gasteiger partial charge in [0.15, 0.2) is 0 Å². The highest BCUT2D eigenvalue weighted by atomic mass is 35.5. The lowest BCUT2D eigenvalue weighted by Gasteiger charge is -2.10. The van der Waals surface area contributed by atoms with Crippen LogP contribution in [0.3, 0.4) is 0 Å². The molecular weight excluding hydrogens is 257 g/mol. The molecule has 17 heavy (non-hydrogen) atoms. The van der Waals surface area contributed by atoms with Crippen LogP contribution in [0.4, 0.5) is 0 Å². The van der Waals surface area contributed by atoms with Gasteiger partial charge < -0.3 is 4.79 Å². The molecule has 0 fully saturated rings. The van der Waals surface area contributed by atoms with Crippen molar-refractivity contribution in [1.29, 1.82) is 0 Å². The molecule has 0 spiro atoms. The highest BCUT2D eigenvalue weighted by Crippen LogP contribution is 2.24. The zero-order valence-corrected chi connectivity index (χ0v) is 10.3. The van der Waals surface area contributed by atoms with Gasteiger partial charge >= 0.3 is 0 Å². The average molecular weight is 266 g/mol. The number of rotatable bonds is 3. The lowest BCUT2D eigenvalue weighted by Crippen LogP contribution is -2.04. The van der Waals surface area contributed by atoms with E-state index in [0.717, 1.165) is 11.8 Å². The minimum absolute atomic E-state index is 0.411. The minimum atomic E-state index is -0.411. The Bertz CT molecular complexity index is 525. The fourth-order valence-corrected chi connectivity index (χ4v) is 1.90. The van der Waals surface area contributed by atoms with Gasteiger partial charge in [-0.05, 0) is 29.8 Å². The summed E-state index contributed by atoms with van der Waals surface area (Å²) >= 11 is 11.7. The Balaban J connectivity index is 2.40. The van der Waals surface area contributed by atoms with Crippen LogP contribution in [0.25, 0.3) is 0 Å². The van der Waals surface area contributed by atoms with Gasteiger partial charge in [0, 0.05) is 11.2 Å². The summed E-state index contributed by atoms with van der Waals surface area (Å²) in [6.45, 7) is 0. The number of hydrogen-bond acceptors (Lipinski definition) is 2. The predicted molar refractivity (Wildman–Crippen MR) is 68.6 cm³/mol. The zero-order chi connectivity index (χ0) is 12.3. The minimum Gasteiger partial charge on any atom is -0.302 e. The number of aldehydes is 1. The van der Waals surface area contributed by atoms with Crippen molar-refractivity contribution in [2.75, 3.05) is 0 Å². The van der Waals surface area contributed by atoms with Crippen LogP contribution in [0.2, 0.25) is 10.0 Å². The van der Waals surface area contributed by atoms with E-state index in [2.05, 4.69) is 4.98 Å². The number of hydrogen-bond donors (Lipinski definition) is 0. The lowest BCUT2D eigenvalue weighted by molar-refractivity contribution is -0.108. The van der Waals surface area contributed by atoms with Crippen molar-refractivity contribution in [2.45, 2.75) is 5.92 Å². The molecule has 0 bridgehead atoms. The molecule has 1 aromatic heterocycles. The predicted octanol–water partition coefficient (Wildman–Crippen LogP) is 3.72. The average Bonchev–Trinajstić information content (AvgIpc) is 2.33. The first-order valence-electron chi connectivity index (χ1n) is 5.03. The number of pyridine rings is 1. The molecule has 0 saturated heterocycles. The summed E-state index contributed by atoms with van der Waals surface area (Å²) in [4.78, 5) is 15.3. The third kappa shape index (κ3) is 2.84. The topological polar surface area (TPSA) is 30.0 Å². The van der Waals surface area contributed by atoms with Crippen LogP contribution in [0.1, 0.15) is 17.2 Å². The van der Waals surface area contributed by atoms with Crippen LogP contribution in [-0.4, -0.2) is 11.3 Å². The van der Waals surface area contributed by atoms with E-state index >= 15 is 0 Å². The van der Waals surface area contributed by atoms with Crippen LogP contribution in [0.15, 0.2) is 42.6 Å². The van der Waals surface area contributed by atoms with Gasteiger partial charge in [-0.1, -0.05) is 35.3 Å². The normalized spacial score (nSPS) is 12.1. The molecule has 1 unspecified atom stereocenters. The highest BCUT2D eigenvalue weighted by molar-refractivity contribution is 6.30. The van der Waals surface area contributed by atoms with E-state index in [9.17, 15) is 4.79 Å². The van der Waals surface area contributed by atoms with Gasteiger partial charge in [0.1, 0.15) is 6.29 Å². The Morgan fingerprint density at radius 3 is 2.53 bits per heavy atom. The Kier molecular flexibility index (Phi) is 3.77. The zero-order valence-electron chi connectivity index (χ0n) is 8.81. The van der Waals surface area contributed by atoms with E-state index in [1.807, 2.05) is 12.1 Å². The molecule has 0 aliphatic heterocycles. The van der Waals surface area contributed by atoms with Gasteiger partial charge in [-0.2, -0.15) is 0 Å². The van der Waals surface area contributed by atoms with Crippen molar-refractivity contribution in [3.05, 3.63) is 63.9 Å². The van der Waals surface area contributed by atoms with E-state index in [0.29, 0.717) is 15.7 Å². The summed E-state index contributed by atoms with van der Waals surface area (Å²) in [5.74, 6) is -0.411. The monoisotopic (exact) mass is 265 g/mol. The summed E-state index contributed by atoms with van der Waals surface area (Å²) in [6, 6.07) is 10.6. The van der Waals surface area contributed by atoms with Crippen molar-refractivity contribution in [1.82, 2.24) is 4.98 Å². The molecule has 0 aliphatic carbocycles. The maximum absolute atomic E-state index is 11.2. The smallest absolute Gasteiger partial charge is 0.133 e. The first-order valence-corrected chi connectivity index (χ1v) is 5.78. The molecule has 2 nitrogen and oxygen atoms in total. The molecule has 2 rings (SSSR count). The molecule has 1 atom stereocenters. The van der Waals surface area contributed by atoms with Crippen molar-refractivity contribution >= 4 is 29.5 Å². The number of aromatic nitrogens is 1. The third-order valence-electron chi connectivity index (χ3n) is 2.41. The van der Waals surface area contributed by atoms with Gasteiger partial charge in [0.2, 0.25) is 0 Å². The second kappa shape index (κ2) is 5.30. The summed E-state index contributed by atoms with van der Waals surface area (Å²) in [6.07, 6.45) is 2.37. The molecule has 1 heterocycles. The first kappa shape index (κ1) is 12.1. The van der Waals surface area contributed by atoms with E-state index in [4.69, 9.17) is 23.2 Å². The molecule has 0 saturated carbocycles. The van der Waals surface area contributed by atoms with E-state index in [1.54, 1.807) is 24.3 Å². The summed E-state index contributed by atoms with van der Waals surface area (Å²) in [7, 11) is 0. The standard InChI is InChI=1S/C13H9Cl2NO/c14-10-3-1-2-9(6-10)12(8-17)13-5-4-11(15)7-16-13/h1-8,12H. The number of benzene rings is 1. The SMILES string of the molecule is O=CC(c1cccc(Cl)c1)c1ccc(Cl)cn1. The van der Waals surface area contributed by atoms with Crippen molar-refractivity contribution in [2.24, 2.45) is 0 Å². The largest absolute Gasteiger partial charge is 0.302 e. The molecule has 0 aliphatic rings. The Morgan fingerprint density at radius 2 is 1.94 bits per heavy atom. The van der Waals surface area contributed by atoms with Crippen molar-refractivity contribution in [3.8, 4) is 0 Å². The Labute approximate surface area is 109 Å². The first-order chi connectivity index (χ1) is 8.20. The Morgan fingerprint density at radius 1 is 1.12 bits per heavy atom. The molecule has 2 aromatic rings. The number of carbonyl (C=O) groups is 1. The van der Waals surface area contributed by atoms with Crippen LogP contribution in [0.5, 0.6) is 0 Å². The number of halogens is 2. The molecular formula is C13H9Cl2NO. The molecule has 0 N–H and O–H groups in total. The lowest BCUT2D eigenvalue weighted by atomic mass is 9.97. The van der Waals surface area contributed by atoms with Gasteiger partial charge in [0.05, 0.1) is 16.6 Å². The molecule has 4 heteroatoms. The summed E-state index contributed by atoms with van der Waals surface area (Å²) < 4.78 is 0. The molecule has 1 aromatic carbocycles. The van der Waals surface area contributed by atoms with Crippen LogP contribution >= 0.6 is 23.2 Å². The van der Waals surface area contributed by atoms with Gasteiger partial charge in [-0.15, -0.1) is 0 Å². The van der Waals surface area contributed by atoms with Crippen LogP contribution < -0.4 is 0 Å². The fourth-order valence-electron chi connectivity index (χ4n) is 1.59. The molecule has 0 amide bonds. The highest BCUT2D eigenvalue weighted by Gasteiger charge is 2.14. The second-order valence-corrected chi connectivity index (χ2v) is 4.44. The number of nitrogens with zero attached hydrogens (tertiary/aromatic N) is 1. The second-order valence-electron chi connectivity index (χ2n) is 3.57.